The van der Waals surface area contributed by atoms with Crippen LogP contribution in [0.15, 0.2) is 49.1 Å². The zero-order valence-corrected chi connectivity index (χ0v) is 20.0. The zero-order chi connectivity index (χ0) is 24.1. The molecule has 1 aromatic carbocycles. The highest BCUT2D eigenvalue weighted by molar-refractivity contribution is 6.09. The molecule has 2 aliphatic rings. The van der Waals surface area contributed by atoms with Gasteiger partial charge in [0.2, 0.25) is 0 Å². The average Bonchev–Trinajstić information content (AvgIpc) is 3.31. The molecule has 35 heavy (non-hydrogen) atoms. The van der Waals surface area contributed by atoms with Crippen molar-refractivity contribution in [3.05, 3.63) is 60.2 Å². The molecule has 6 rings (SSSR count). The van der Waals surface area contributed by atoms with Crippen LogP contribution in [0, 0.1) is 12.8 Å². The van der Waals surface area contributed by atoms with Crippen LogP contribution in [-0.4, -0.2) is 42.2 Å². The summed E-state index contributed by atoms with van der Waals surface area (Å²) in [6, 6.07) is 9.59. The second-order valence-corrected chi connectivity index (χ2v) is 9.60. The molecule has 9 heteroatoms. The van der Waals surface area contributed by atoms with E-state index in [1.807, 2.05) is 52.7 Å². The van der Waals surface area contributed by atoms with Crippen LogP contribution in [0.4, 0.5) is 5.82 Å². The number of fused-ring (bicyclic) bond motifs is 1. The lowest BCUT2D eigenvalue weighted by Gasteiger charge is -2.29. The van der Waals surface area contributed by atoms with Crippen molar-refractivity contribution in [2.45, 2.75) is 46.2 Å². The molecule has 0 N–H and O–H groups in total. The van der Waals surface area contributed by atoms with Gasteiger partial charge in [0, 0.05) is 24.3 Å². The maximum absolute atomic E-state index is 13.6. The lowest BCUT2D eigenvalue weighted by molar-refractivity contribution is 0.0936. The average molecular weight is 470 g/mol. The first-order valence-corrected chi connectivity index (χ1v) is 12.0. The molecule has 0 atom stereocenters. The van der Waals surface area contributed by atoms with E-state index in [9.17, 15) is 4.79 Å². The number of nitrogens with zero attached hydrogens (tertiary/aromatic N) is 7. The number of benzene rings is 1. The second kappa shape index (κ2) is 8.33. The summed E-state index contributed by atoms with van der Waals surface area (Å²) < 4.78 is 9.96. The van der Waals surface area contributed by atoms with Crippen molar-refractivity contribution in [3.63, 3.8) is 0 Å². The number of hydrogen-bond acceptors (Lipinski definition) is 6. The molecule has 1 amide bonds. The fourth-order valence-corrected chi connectivity index (χ4v) is 4.46. The van der Waals surface area contributed by atoms with Crippen molar-refractivity contribution >= 4 is 11.7 Å². The van der Waals surface area contributed by atoms with Crippen molar-refractivity contribution < 1.29 is 9.53 Å². The lowest BCUT2D eigenvalue weighted by Crippen LogP contribution is -2.39. The second-order valence-electron chi connectivity index (χ2n) is 9.60. The Morgan fingerprint density at radius 1 is 1.17 bits per heavy atom. The van der Waals surface area contributed by atoms with Crippen LogP contribution >= 0.6 is 0 Å². The molecule has 4 aromatic rings. The summed E-state index contributed by atoms with van der Waals surface area (Å²) >= 11 is 0. The number of amides is 1. The Labute approximate surface area is 203 Å². The van der Waals surface area contributed by atoms with Gasteiger partial charge in [0.15, 0.2) is 12.6 Å². The Hall–Kier alpha value is -4.01. The van der Waals surface area contributed by atoms with Gasteiger partial charge in [-0.2, -0.15) is 5.10 Å². The van der Waals surface area contributed by atoms with E-state index in [0.29, 0.717) is 28.6 Å². The number of pyridine rings is 1. The van der Waals surface area contributed by atoms with Crippen molar-refractivity contribution in [1.29, 1.82) is 0 Å². The van der Waals surface area contributed by atoms with E-state index in [0.717, 1.165) is 29.2 Å². The molecule has 0 unspecified atom stereocenters. The van der Waals surface area contributed by atoms with E-state index in [4.69, 9.17) is 9.72 Å². The summed E-state index contributed by atoms with van der Waals surface area (Å²) in [7, 11) is 0. The summed E-state index contributed by atoms with van der Waals surface area (Å²) in [5.41, 5.74) is 4.20. The smallest absolute Gasteiger partial charge is 0.265 e. The Morgan fingerprint density at radius 2 is 2.03 bits per heavy atom. The molecular formula is C26H27N7O2. The Bertz CT molecular complexity index is 1420. The highest BCUT2D eigenvalue weighted by atomic mass is 16.5. The van der Waals surface area contributed by atoms with Crippen LogP contribution in [0.1, 0.15) is 48.7 Å². The summed E-state index contributed by atoms with van der Waals surface area (Å²) in [4.78, 5) is 19.9. The molecule has 1 aliphatic heterocycles. The van der Waals surface area contributed by atoms with E-state index in [1.54, 1.807) is 11.2 Å². The number of rotatable bonds is 6. The topological polar surface area (TPSA) is 91.0 Å². The fraction of sp³-hybridized carbons (Fsp3) is 0.346. The predicted octanol–water partition coefficient (Wildman–Crippen LogP) is 4.50. The lowest BCUT2D eigenvalue weighted by atomic mass is 9.98. The molecule has 9 nitrogen and oxygen atoms in total. The van der Waals surface area contributed by atoms with Crippen LogP contribution in [0.5, 0.6) is 5.75 Å². The van der Waals surface area contributed by atoms with Crippen molar-refractivity contribution in [1.82, 2.24) is 29.5 Å². The molecule has 1 fully saturated rings. The summed E-state index contributed by atoms with van der Waals surface area (Å²) in [5.74, 6) is 2.36. The van der Waals surface area contributed by atoms with E-state index in [2.05, 4.69) is 35.3 Å². The monoisotopic (exact) mass is 469 g/mol. The first kappa shape index (κ1) is 21.5. The largest absolute Gasteiger partial charge is 0.472 e. The number of anilines is 1. The van der Waals surface area contributed by atoms with Gasteiger partial charge in [0.25, 0.3) is 5.91 Å². The van der Waals surface area contributed by atoms with Gasteiger partial charge < -0.3 is 9.30 Å². The van der Waals surface area contributed by atoms with E-state index < -0.39 is 0 Å². The summed E-state index contributed by atoms with van der Waals surface area (Å²) in [5, 5.41) is 12.8. The predicted molar refractivity (Wildman–Crippen MR) is 131 cm³/mol. The number of carbonyl (C=O) groups is 1. The third-order valence-corrected chi connectivity index (χ3v) is 6.61. The molecule has 0 radical (unpaired) electrons. The van der Waals surface area contributed by atoms with Gasteiger partial charge in [-0.3, -0.25) is 14.4 Å². The minimum atomic E-state index is -0.146. The van der Waals surface area contributed by atoms with Crippen LogP contribution in [-0.2, 0) is 6.54 Å². The quantitative estimate of drug-likeness (QED) is 0.413. The highest BCUT2D eigenvalue weighted by Crippen LogP contribution is 2.35. The Morgan fingerprint density at radius 3 is 2.83 bits per heavy atom. The third-order valence-electron chi connectivity index (χ3n) is 6.61. The van der Waals surface area contributed by atoms with Crippen molar-refractivity contribution in [2.24, 2.45) is 5.92 Å². The maximum Gasteiger partial charge on any atom is 0.265 e. The fourth-order valence-electron chi connectivity index (χ4n) is 4.46. The van der Waals surface area contributed by atoms with Gasteiger partial charge in [-0.25, -0.2) is 4.98 Å². The van der Waals surface area contributed by atoms with Crippen molar-refractivity contribution in [3.8, 4) is 28.4 Å². The van der Waals surface area contributed by atoms with Gasteiger partial charge in [-0.1, -0.05) is 6.07 Å². The van der Waals surface area contributed by atoms with E-state index >= 15 is 0 Å². The highest BCUT2D eigenvalue weighted by Gasteiger charge is 2.30. The number of hydrogen-bond donors (Lipinski definition) is 0. The molecule has 4 heterocycles. The van der Waals surface area contributed by atoms with E-state index in [-0.39, 0.29) is 18.7 Å². The van der Waals surface area contributed by atoms with Gasteiger partial charge in [-0.05, 0) is 74.9 Å². The minimum Gasteiger partial charge on any atom is -0.472 e. The number of aromatic nitrogens is 6. The van der Waals surface area contributed by atoms with Crippen molar-refractivity contribution in [2.75, 3.05) is 11.6 Å². The van der Waals surface area contributed by atoms with E-state index in [1.165, 1.54) is 12.8 Å². The Kier molecular flexibility index (Phi) is 5.12. The van der Waals surface area contributed by atoms with Gasteiger partial charge in [0.1, 0.15) is 23.6 Å². The van der Waals surface area contributed by atoms with Gasteiger partial charge in [-0.15, -0.1) is 10.2 Å². The van der Waals surface area contributed by atoms with Gasteiger partial charge in [0.05, 0.1) is 11.8 Å². The molecule has 178 valence electrons. The number of aryl methyl sites for hydroxylation is 1. The summed E-state index contributed by atoms with van der Waals surface area (Å²) in [6.45, 7) is 7.20. The molecular weight excluding hydrogens is 442 g/mol. The maximum atomic E-state index is 13.6. The standard InChI is InChI=1S/C26H27N7O2/c1-16(2)32-14-27-30-25(32)22-5-4-6-24(29-22)33-15-35-23-9-17(3)20(10-21(23)26(33)34)19-11-28-31(13-19)12-18-7-8-18/h4-6,9-11,13-14,16,18H,7-8,12,15H2,1-3H3. The molecule has 1 saturated carbocycles. The molecule has 0 bridgehead atoms. The molecule has 0 saturated heterocycles. The zero-order valence-electron chi connectivity index (χ0n) is 20.0. The van der Waals surface area contributed by atoms with Gasteiger partial charge >= 0.3 is 0 Å². The first-order valence-electron chi connectivity index (χ1n) is 12.0. The minimum absolute atomic E-state index is 0.0945. The number of carbonyl (C=O) groups excluding carboxylic acids is 1. The van der Waals surface area contributed by atoms with Crippen LogP contribution in [0.2, 0.25) is 0 Å². The SMILES string of the molecule is Cc1cc2c(cc1-c1cnn(CC3CC3)c1)C(=O)N(c1cccc(-c3nncn3C(C)C)n1)CO2. The van der Waals surface area contributed by atoms with Crippen LogP contribution < -0.4 is 9.64 Å². The van der Waals surface area contributed by atoms with Crippen LogP contribution in [0.25, 0.3) is 22.6 Å². The first-order chi connectivity index (χ1) is 17.0. The molecule has 1 aliphatic carbocycles. The Balaban J connectivity index is 1.32. The normalized spacial score (nSPS) is 15.4. The molecule has 0 spiro atoms. The number of ether oxygens (including phenoxy) is 1. The molecule has 3 aromatic heterocycles. The summed E-state index contributed by atoms with van der Waals surface area (Å²) in [6.07, 6.45) is 8.18. The third kappa shape index (κ3) is 3.96. The van der Waals surface area contributed by atoms with Crippen LogP contribution in [0.3, 0.4) is 0 Å².